The molecule has 0 amide bonds. The lowest BCUT2D eigenvalue weighted by molar-refractivity contribution is 0.421. The molecule has 0 radical (unpaired) electrons. The Morgan fingerprint density at radius 1 is 1.45 bits per heavy atom. The molecule has 4 nitrogen and oxygen atoms in total. The van der Waals surface area contributed by atoms with Gasteiger partial charge in [-0.15, -0.1) is 0 Å². The monoisotopic (exact) mass is 359 g/mol. The second kappa shape index (κ2) is 6.85. The zero-order chi connectivity index (χ0) is 14.5. The van der Waals surface area contributed by atoms with Crippen LogP contribution in [0.25, 0.3) is 0 Å². The van der Waals surface area contributed by atoms with E-state index in [0.29, 0.717) is 23.3 Å². The molecule has 0 spiro atoms. The Kier molecular flexibility index (Phi) is 5.14. The number of hydrogen-bond donors (Lipinski definition) is 1. The van der Waals surface area contributed by atoms with Gasteiger partial charge in [0.2, 0.25) is 11.8 Å². The summed E-state index contributed by atoms with van der Waals surface area (Å²) >= 11 is 9.31. The zero-order valence-electron chi connectivity index (χ0n) is 10.7. The van der Waals surface area contributed by atoms with E-state index in [1.165, 1.54) is 0 Å². The minimum absolute atomic E-state index is 0.164. The van der Waals surface area contributed by atoms with Crippen LogP contribution in [-0.2, 0) is 0 Å². The van der Waals surface area contributed by atoms with Gasteiger partial charge in [0.05, 0.1) is 11.2 Å². The Morgan fingerprint density at radius 3 is 2.95 bits per heavy atom. The van der Waals surface area contributed by atoms with E-state index in [1.54, 1.807) is 18.2 Å². The molecule has 1 heterocycles. The molecule has 0 saturated heterocycles. The van der Waals surface area contributed by atoms with Gasteiger partial charge in [-0.3, -0.25) is 0 Å². The van der Waals surface area contributed by atoms with Crippen LogP contribution in [0.15, 0.2) is 28.9 Å². The third-order valence-electron chi connectivity index (χ3n) is 2.35. The minimum atomic E-state index is -0.647. The van der Waals surface area contributed by atoms with Gasteiger partial charge < -0.3 is 10.1 Å². The van der Waals surface area contributed by atoms with Gasteiger partial charge in [0.15, 0.2) is 0 Å². The summed E-state index contributed by atoms with van der Waals surface area (Å²) in [6, 6.07) is 5.04. The first kappa shape index (κ1) is 15.0. The Morgan fingerprint density at radius 2 is 2.25 bits per heavy atom. The lowest BCUT2D eigenvalue weighted by Crippen LogP contribution is -2.05. The van der Waals surface area contributed by atoms with Gasteiger partial charge in [-0.2, -0.15) is 9.37 Å². The van der Waals surface area contributed by atoms with Gasteiger partial charge in [0.25, 0.3) is 5.88 Å². The fourth-order valence-electron chi connectivity index (χ4n) is 1.41. The van der Waals surface area contributed by atoms with E-state index in [4.69, 9.17) is 16.3 Å². The molecule has 2 rings (SSSR count). The maximum atomic E-state index is 13.7. The Bertz CT molecular complexity index is 612. The topological polar surface area (TPSA) is 47.0 Å². The zero-order valence-corrected chi connectivity index (χ0v) is 13.0. The molecular formula is C13H12BrClFN3O. The molecular weight excluding hydrogens is 349 g/mol. The summed E-state index contributed by atoms with van der Waals surface area (Å²) in [7, 11) is 0. The Hall–Kier alpha value is -1.40. The summed E-state index contributed by atoms with van der Waals surface area (Å²) in [5.74, 6) is -0.167. The molecule has 0 aliphatic heterocycles. The number of hydrogen-bond acceptors (Lipinski definition) is 4. The standard InChI is InChI=1S/C13H12BrClFN3O/c1-2-5-17-13-18-7-10(16)12(19-13)20-11-4-3-8(14)6-9(11)15/h3-4,6-7H,2,5H2,1H3,(H,17,18,19). The average Bonchev–Trinajstić information content (AvgIpc) is 2.42. The summed E-state index contributed by atoms with van der Waals surface area (Å²) < 4.78 is 19.9. The smallest absolute Gasteiger partial charge is 0.260 e. The second-order valence-corrected chi connectivity index (χ2v) is 5.27. The number of aromatic nitrogens is 2. The molecule has 7 heteroatoms. The van der Waals surface area contributed by atoms with Crippen LogP contribution in [0.2, 0.25) is 5.02 Å². The van der Waals surface area contributed by atoms with Crippen LogP contribution < -0.4 is 10.1 Å². The number of nitrogens with one attached hydrogen (secondary N) is 1. The van der Waals surface area contributed by atoms with Crippen LogP contribution >= 0.6 is 27.5 Å². The van der Waals surface area contributed by atoms with Gasteiger partial charge in [0, 0.05) is 11.0 Å². The number of nitrogens with zero attached hydrogens (tertiary/aromatic N) is 2. The first-order valence-electron chi connectivity index (χ1n) is 5.99. The number of benzene rings is 1. The van der Waals surface area contributed by atoms with Crippen molar-refractivity contribution in [2.24, 2.45) is 0 Å². The molecule has 1 aromatic carbocycles. The number of rotatable bonds is 5. The summed E-state index contributed by atoms with van der Waals surface area (Å²) in [6.45, 7) is 2.71. The molecule has 106 valence electrons. The van der Waals surface area contributed by atoms with Crippen molar-refractivity contribution in [2.45, 2.75) is 13.3 Å². The molecule has 0 aliphatic rings. The third-order valence-corrected chi connectivity index (χ3v) is 3.13. The van der Waals surface area contributed by atoms with Gasteiger partial charge >= 0.3 is 0 Å². The van der Waals surface area contributed by atoms with E-state index in [-0.39, 0.29) is 5.88 Å². The van der Waals surface area contributed by atoms with Gasteiger partial charge in [0.1, 0.15) is 5.75 Å². The van der Waals surface area contributed by atoms with Gasteiger partial charge in [-0.1, -0.05) is 34.5 Å². The van der Waals surface area contributed by atoms with Crippen molar-refractivity contribution in [2.75, 3.05) is 11.9 Å². The molecule has 0 fully saturated rings. The highest BCUT2D eigenvalue weighted by Crippen LogP contribution is 2.32. The molecule has 0 atom stereocenters. The lowest BCUT2D eigenvalue weighted by atomic mass is 10.3. The number of halogens is 3. The van der Waals surface area contributed by atoms with Crippen LogP contribution in [0.1, 0.15) is 13.3 Å². The highest BCUT2D eigenvalue weighted by molar-refractivity contribution is 9.10. The highest BCUT2D eigenvalue weighted by atomic mass is 79.9. The van der Waals surface area contributed by atoms with E-state index in [2.05, 4.69) is 31.2 Å². The SMILES string of the molecule is CCCNc1ncc(F)c(Oc2ccc(Br)cc2Cl)n1. The van der Waals surface area contributed by atoms with E-state index >= 15 is 0 Å². The lowest BCUT2D eigenvalue weighted by Gasteiger charge is -2.09. The van der Waals surface area contributed by atoms with Gasteiger partial charge in [-0.05, 0) is 24.6 Å². The van der Waals surface area contributed by atoms with Crippen molar-refractivity contribution in [3.63, 3.8) is 0 Å². The van der Waals surface area contributed by atoms with Crippen LogP contribution in [0.3, 0.4) is 0 Å². The molecule has 0 aliphatic carbocycles. The van der Waals surface area contributed by atoms with Gasteiger partial charge in [-0.25, -0.2) is 4.98 Å². The number of anilines is 1. The van der Waals surface area contributed by atoms with Crippen LogP contribution in [-0.4, -0.2) is 16.5 Å². The Labute approximate surface area is 129 Å². The first-order valence-corrected chi connectivity index (χ1v) is 7.16. The van der Waals surface area contributed by atoms with E-state index in [0.717, 1.165) is 17.1 Å². The maximum Gasteiger partial charge on any atom is 0.260 e. The Balaban J connectivity index is 2.23. The summed E-state index contributed by atoms with van der Waals surface area (Å²) in [5.41, 5.74) is 0. The minimum Gasteiger partial charge on any atom is -0.435 e. The fourth-order valence-corrected chi connectivity index (χ4v) is 2.12. The van der Waals surface area contributed by atoms with E-state index < -0.39 is 5.82 Å². The molecule has 1 N–H and O–H groups in total. The van der Waals surface area contributed by atoms with Crippen molar-refractivity contribution in [3.05, 3.63) is 39.7 Å². The predicted molar refractivity (Wildman–Crippen MR) is 80.0 cm³/mol. The molecule has 20 heavy (non-hydrogen) atoms. The average molecular weight is 361 g/mol. The summed E-state index contributed by atoms with van der Waals surface area (Å²) in [6.07, 6.45) is 1.97. The van der Waals surface area contributed by atoms with Crippen molar-refractivity contribution >= 4 is 33.5 Å². The van der Waals surface area contributed by atoms with Crippen LogP contribution in [0, 0.1) is 5.82 Å². The normalized spacial score (nSPS) is 10.4. The maximum absolute atomic E-state index is 13.7. The molecule has 0 saturated carbocycles. The van der Waals surface area contributed by atoms with Crippen LogP contribution in [0.4, 0.5) is 10.3 Å². The van der Waals surface area contributed by atoms with Crippen molar-refractivity contribution in [3.8, 4) is 11.6 Å². The predicted octanol–water partition coefficient (Wildman–Crippen LogP) is 4.65. The third kappa shape index (κ3) is 3.80. The van der Waals surface area contributed by atoms with E-state index in [1.807, 2.05) is 6.92 Å². The summed E-state index contributed by atoms with van der Waals surface area (Å²) in [5, 5.41) is 3.32. The number of ether oxygens (including phenoxy) is 1. The van der Waals surface area contributed by atoms with Crippen molar-refractivity contribution in [1.82, 2.24) is 9.97 Å². The van der Waals surface area contributed by atoms with Crippen molar-refractivity contribution in [1.29, 1.82) is 0 Å². The van der Waals surface area contributed by atoms with Crippen molar-refractivity contribution < 1.29 is 9.13 Å². The fraction of sp³-hybridized carbons (Fsp3) is 0.231. The van der Waals surface area contributed by atoms with Crippen LogP contribution in [0.5, 0.6) is 11.6 Å². The van der Waals surface area contributed by atoms with E-state index in [9.17, 15) is 4.39 Å². The first-order chi connectivity index (χ1) is 9.60. The molecule has 0 bridgehead atoms. The molecule has 1 aromatic heterocycles. The second-order valence-electron chi connectivity index (χ2n) is 3.95. The highest BCUT2D eigenvalue weighted by Gasteiger charge is 2.11. The largest absolute Gasteiger partial charge is 0.435 e. The molecule has 0 unspecified atom stereocenters. The summed E-state index contributed by atoms with van der Waals surface area (Å²) in [4.78, 5) is 7.82. The quantitative estimate of drug-likeness (QED) is 0.843. The molecule has 2 aromatic rings.